The molecule has 0 unspecified atom stereocenters. The lowest BCUT2D eigenvalue weighted by atomic mass is 10.1. The van der Waals surface area contributed by atoms with Gasteiger partial charge in [0.15, 0.2) is 0 Å². The van der Waals surface area contributed by atoms with Gasteiger partial charge in [-0.05, 0) is 56.4 Å². The van der Waals surface area contributed by atoms with E-state index in [0.29, 0.717) is 18.7 Å². The maximum absolute atomic E-state index is 12.2. The van der Waals surface area contributed by atoms with Crippen molar-refractivity contribution >= 4 is 33.6 Å². The van der Waals surface area contributed by atoms with E-state index in [2.05, 4.69) is 31.9 Å². The van der Waals surface area contributed by atoms with E-state index < -0.39 is 0 Å². The zero-order valence-electron chi connectivity index (χ0n) is 15.8. The van der Waals surface area contributed by atoms with Crippen LogP contribution in [0, 0.1) is 6.92 Å². The molecule has 7 heteroatoms. The lowest BCUT2D eigenvalue weighted by Crippen LogP contribution is -2.31. The normalized spacial score (nSPS) is 10.6. The number of nitrogens with one attached hydrogen (secondary N) is 3. The Hall–Kier alpha value is -2.38. The molecule has 0 bridgehead atoms. The number of hydrogen-bond acceptors (Lipinski definition) is 3. The van der Waals surface area contributed by atoms with E-state index in [1.807, 2.05) is 56.3 Å². The second kappa shape index (κ2) is 10.1. The van der Waals surface area contributed by atoms with Crippen LogP contribution in [0.25, 0.3) is 0 Å². The summed E-state index contributed by atoms with van der Waals surface area (Å²) in [6.07, 6.45) is 0. The molecule has 0 fully saturated rings. The molecule has 0 aliphatic carbocycles. The minimum Gasteiger partial charge on any atom is -0.351 e. The molecule has 0 aliphatic heterocycles. The third-order valence-electron chi connectivity index (χ3n) is 3.93. The number of likely N-dealkylation sites (N-methyl/N-ethyl adjacent to an activating group) is 1. The van der Waals surface area contributed by atoms with Crippen molar-refractivity contribution in [3.8, 4) is 0 Å². The first-order valence-electron chi connectivity index (χ1n) is 8.68. The molecule has 0 atom stereocenters. The van der Waals surface area contributed by atoms with Crippen molar-refractivity contribution < 1.29 is 9.59 Å². The van der Waals surface area contributed by atoms with Crippen LogP contribution >= 0.6 is 15.9 Å². The average molecular weight is 433 g/mol. The Labute approximate surface area is 168 Å². The lowest BCUT2D eigenvalue weighted by Gasteiger charge is -2.12. The summed E-state index contributed by atoms with van der Waals surface area (Å²) in [6, 6.07) is 12.7. The first-order valence-corrected chi connectivity index (χ1v) is 9.47. The lowest BCUT2D eigenvalue weighted by molar-refractivity contribution is 0.0951. The average Bonchev–Trinajstić information content (AvgIpc) is 2.63. The maximum atomic E-state index is 12.2. The van der Waals surface area contributed by atoms with Gasteiger partial charge in [0.05, 0.1) is 0 Å². The summed E-state index contributed by atoms with van der Waals surface area (Å²) < 4.78 is 0.899. The van der Waals surface area contributed by atoms with Crippen molar-refractivity contribution in [2.24, 2.45) is 0 Å². The summed E-state index contributed by atoms with van der Waals surface area (Å²) in [4.78, 5) is 26.4. The van der Waals surface area contributed by atoms with Crippen molar-refractivity contribution in [2.75, 3.05) is 32.5 Å². The number of aryl methyl sites for hydroxylation is 1. The number of anilines is 1. The molecule has 3 amide bonds. The van der Waals surface area contributed by atoms with Crippen LogP contribution in [0.4, 0.5) is 10.5 Å². The first kappa shape index (κ1) is 20.9. The van der Waals surface area contributed by atoms with Crippen LogP contribution in [0.5, 0.6) is 0 Å². The summed E-state index contributed by atoms with van der Waals surface area (Å²) in [5.74, 6) is -0.118. The minimum atomic E-state index is -0.294. The standard InChI is InChI=1S/C20H25BrN4O2/c1-14-7-8-17(21)12-18(14)24-20(27)23-13-15-5-4-6-16(11-15)19(26)22-9-10-25(2)3/h4-8,11-12H,9-10,13H2,1-3H3,(H,22,26)(H2,23,24,27). The number of carbonyl (C=O) groups is 2. The van der Waals surface area contributed by atoms with Gasteiger partial charge in [-0.2, -0.15) is 0 Å². The van der Waals surface area contributed by atoms with Crippen LogP contribution in [0.3, 0.4) is 0 Å². The minimum absolute atomic E-state index is 0.118. The van der Waals surface area contributed by atoms with Gasteiger partial charge in [0.2, 0.25) is 0 Å². The van der Waals surface area contributed by atoms with Crippen molar-refractivity contribution in [1.29, 1.82) is 0 Å². The Morgan fingerprint density at radius 2 is 1.85 bits per heavy atom. The largest absolute Gasteiger partial charge is 0.351 e. The van der Waals surface area contributed by atoms with Crippen molar-refractivity contribution in [1.82, 2.24) is 15.5 Å². The summed E-state index contributed by atoms with van der Waals surface area (Å²) >= 11 is 3.40. The molecule has 0 saturated heterocycles. The van der Waals surface area contributed by atoms with E-state index in [1.165, 1.54) is 0 Å². The molecule has 0 saturated carbocycles. The number of halogens is 1. The number of rotatable bonds is 7. The summed E-state index contributed by atoms with van der Waals surface area (Å²) in [5.41, 5.74) is 3.16. The summed E-state index contributed by atoms with van der Waals surface area (Å²) in [7, 11) is 3.91. The van der Waals surface area contributed by atoms with Gasteiger partial charge >= 0.3 is 6.03 Å². The predicted molar refractivity (Wildman–Crippen MR) is 112 cm³/mol. The molecule has 3 N–H and O–H groups in total. The fourth-order valence-corrected chi connectivity index (χ4v) is 2.76. The number of hydrogen-bond donors (Lipinski definition) is 3. The van der Waals surface area contributed by atoms with E-state index in [4.69, 9.17) is 0 Å². The van der Waals surface area contributed by atoms with E-state index >= 15 is 0 Å². The number of urea groups is 1. The predicted octanol–water partition coefficient (Wildman–Crippen LogP) is 3.37. The molecule has 0 heterocycles. The topological polar surface area (TPSA) is 73.5 Å². The van der Waals surface area contributed by atoms with Gasteiger partial charge in [0.1, 0.15) is 0 Å². The Bertz CT molecular complexity index is 808. The van der Waals surface area contributed by atoms with Gasteiger partial charge < -0.3 is 20.9 Å². The molecule has 0 spiro atoms. The Morgan fingerprint density at radius 1 is 1.07 bits per heavy atom. The summed E-state index contributed by atoms with van der Waals surface area (Å²) in [6.45, 7) is 3.63. The van der Waals surface area contributed by atoms with Crippen LogP contribution < -0.4 is 16.0 Å². The Morgan fingerprint density at radius 3 is 2.59 bits per heavy atom. The number of carbonyl (C=O) groups excluding carboxylic acids is 2. The highest BCUT2D eigenvalue weighted by Crippen LogP contribution is 2.20. The van der Waals surface area contributed by atoms with E-state index in [1.54, 1.807) is 12.1 Å². The van der Waals surface area contributed by atoms with Gasteiger partial charge in [-0.25, -0.2) is 4.79 Å². The molecular formula is C20H25BrN4O2. The molecule has 0 aromatic heterocycles. The second-order valence-corrected chi connectivity index (χ2v) is 7.44. The van der Waals surface area contributed by atoms with E-state index in [-0.39, 0.29) is 11.9 Å². The van der Waals surface area contributed by atoms with Crippen molar-refractivity contribution in [3.63, 3.8) is 0 Å². The highest BCUT2D eigenvalue weighted by molar-refractivity contribution is 9.10. The van der Waals surface area contributed by atoms with Crippen LogP contribution in [-0.2, 0) is 6.54 Å². The monoisotopic (exact) mass is 432 g/mol. The molecule has 0 radical (unpaired) electrons. The molecule has 2 aromatic carbocycles. The third kappa shape index (κ3) is 7.03. The third-order valence-corrected chi connectivity index (χ3v) is 4.43. The van der Waals surface area contributed by atoms with Crippen LogP contribution in [0.1, 0.15) is 21.5 Å². The van der Waals surface area contributed by atoms with Crippen LogP contribution in [-0.4, -0.2) is 44.0 Å². The van der Waals surface area contributed by atoms with Crippen molar-refractivity contribution in [3.05, 3.63) is 63.6 Å². The smallest absolute Gasteiger partial charge is 0.319 e. The van der Waals surface area contributed by atoms with E-state index in [0.717, 1.165) is 27.8 Å². The van der Waals surface area contributed by atoms with Gasteiger partial charge in [-0.1, -0.05) is 34.1 Å². The second-order valence-electron chi connectivity index (χ2n) is 6.53. The fourth-order valence-electron chi connectivity index (χ4n) is 2.40. The molecule has 144 valence electrons. The first-order chi connectivity index (χ1) is 12.8. The Kier molecular flexibility index (Phi) is 7.82. The SMILES string of the molecule is Cc1ccc(Br)cc1NC(=O)NCc1cccc(C(=O)NCCN(C)C)c1. The zero-order valence-corrected chi connectivity index (χ0v) is 17.4. The zero-order chi connectivity index (χ0) is 19.8. The highest BCUT2D eigenvalue weighted by Gasteiger charge is 2.08. The summed E-state index contributed by atoms with van der Waals surface area (Å²) in [5, 5.41) is 8.53. The van der Waals surface area contributed by atoms with Gasteiger partial charge in [-0.15, -0.1) is 0 Å². The highest BCUT2D eigenvalue weighted by atomic mass is 79.9. The molecule has 2 aromatic rings. The van der Waals surface area contributed by atoms with Gasteiger partial charge in [0, 0.05) is 35.4 Å². The Balaban J connectivity index is 1.89. The van der Waals surface area contributed by atoms with Gasteiger partial charge in [-0.3, -0.25) is 4.79 Å². The maximum Gasteiger partial charge on any atom is 0.319 e. The van der Waals surface area contributed by atoms with Crippen molar-refractivity contribution in [2.45, 2.75) is 13.5 Å². The molecule has 2 rings (SSSR count). The fraction of sp³-hybridized carbons (Fsp3) is 0.300. The molecular weight excluding hydrogens is 408 g/mol. The van der Waals surface area contributed by atoms with Gasteiger partial charge in [0.25, 0.3) is 5.91 Å². The number of benzene rings is 2. The number of amides is 3. The quantitative estimate of drug-likeness (QED) is 0.627. The van der Waals surface area contributed by atoms with Crippen LogP contribution in [0.2, 0.25) is 0 Å². The van der Waals surface area contributed by atoms with E-state index in [9.17, 15) is 9.59 Å². The van der Waals surface area contributed by atoms with Crippen LogP contribution in [0.15, 0.2) is 46.9 Å². The molecule has 6 nitrogen and oxygen atoms in total. The number of nitrogens with zero attached hydrogens (tertiary/aromatic N) is 1. The molecule has 27 heavy (non-hydrogen) atoms. The molecule has 0 aliphatic rings.